The molecule has 0 radical (unpaired) electrons. The summed E-state index contributed by atoms with van der Waals surface area (Å²) in [5, 5.41) is 9.92. The molecule has 3 aromatic rings. The van der Waals surface area contributed by atoms with Gasteiger partial charge in [-0.2, -0.15) is 9.97 Å². The Hall–Kier alpha value is -3.13. The number of likely N-dealkylation sites (N-methyl/N-ethyl adjacent to an activating group) is 1. The third-order valence-electron chi connectivity index (χ3n) is 5.87. The highest BCUT2D eigenvalue weighted by Crippen LogP contribution is 2.33. The predicted octanol–water partition coefficient (Wildman–Crippen LogP) is 2.37. The number of hydrogen-bond donors (Lipinski definition) is 2. The molecule has 2 fully saturated rings. The molecule has 1 atom stereocenters. The van der Waals surface area contributed by atoms with Crippen molar-refractivity contribution in [3.05, 3.63) is 42.0 Å². The number of oxime groups is 1. The molecule has 2 aliphatic rings. The highest BCUT2D eigenvalue weighted by molar-refractivity contribution is 7.92. The summed E-state index contributed by atoms with van der Waals surface area (Å²) in [5.41, 5.74) is 0.880. The summed E-state index contributed by atoms with van der Waals surface area (Å²) in [7, 11) is -1.51. The lowest BCUT2D eigenvalue weighted by Gasteiger charge is -2.10. The molecule has 196 valence electrons. The number of nitrogens with zero attached hydrogens (tertiary/aromatic N) is 3. The lowest BCUT2D eigenvalue weighted by atomic mass is 10.1. The van der Waals surface area contributed by atoms with E-state index in [1.165, 1.54) is 23.5 Å². The summed E-state index contributed by atoms with van der Waals surface area (Å²) in [6.07, 6.45) is 1.76. The van der Waals surface area contributed by atoms with Crippen molar-refractivity contribution in [1.82, 2.24) is 15.3 Å². The van der Waals surface area contributed by atoms with E-state index < -0.39 is 15.7 Å². The van der Waals surface area contributed by atoms with Gasteiger partial charge in [0, 0.05) is 24.6 Å². The number of fused-ring (bicyclic) bond motifs is 1. The van der Waals surface area contributed by atoms with Gasteiger partial charge in [-0.1, -0.05) is 28.6 Å². The van der Waals surface area contributed by atoms with Crippen molar-refractivity contribution in [2.24, 2.45) is 5.16 Å². The molecule has 1 aromatic carbocycles. The molecule has 1 saturated carbocycles. The Morgan fingerprint density at radius 1 is 1.16 bits per heavy atom. The fourth-order valence-electron chi connectivity index (χ4n) is 3.67. The number of carbonyl (C=O) groups excluding carboxylic acids is 1. The Morgan fingerprint density at radius 3 is 2.68 bits per heavy atom. The van der Waals surface area contributed by atoms with Crippen molar-refractivity contribution in [3.63, 3.8) is 0 Å². The fourth-order valence-corrected chi connectivity index (χ4v) is 6.13. The maximum absolute atomic E-state index is 13.3. The molecule has 37 heavy (non-hydrogen) atoms. The summed E-state index contributed by atoms with van der Waals surface area (Å²) < 4.78 is 36.8. The topological polar surface area (TPSA) is 141 Å². The van der Waals surface area contributed by atoms with Crippen molar-refractivity contribution in [3.8, 4) is 5.88 Å². The second kappa shape index (κ2) is 11.1. The number of anilines is 1. The molecule has 13 heteroatoms. The van der Waals surface area contributed by atoms with Crippen LogP contribution >= 0.6 is 11.3 Å². The third kappa shape index (κ3) is 6.06. The van der Waals surface area contributed by atoms with E-state index in [2.05, 4.69) is 25.8 Å². The van der Waals surface area contributed by atoms with E-state index in [1.54, 1.807) is 18.2 Å². The van der Waals surface area contributed by atoms with Crippen molar-refractivity contribution in [1.29, 1.82) is 0 Å². The molecule has 1 aliphatic carbocycles. The third-order valence-corrected chi connectivity index (χ3v) is 9.07. The normalized spacial score (nSPS) is 18.2. The number of rotatable bonds is 11. The first-order valence-electron chi connectivity index (χ1n) is 12.0. The van der Waals surface area contributed by atoms with Crippen LogP contribution in [0.2, 0.25) is 0 Å². The summed E-state index contributed by atoms with van der Waals surface area (Å²) in [6, 6.07) is 9.72. The highest BCUT2D eigenvalue weighted by Gasteiger charge is 2.36. The van der Waals surface area contributed by atoms with Crippen molar-refractivity contribution in [2.75, 3.05) is 38.7 Å². The van der Waals surface area contributed by atoms with Crippen LogP contribution in [-0.4, -0.2) is 74.8 Å². The van der Waals surface area contributed by atoms with E-state index in [1.807, 2.05) is 13.1 Å². The van der Waals surface area contributed by atoms with Gasteiger partial charge in [0.25, 0.3) is 5.91 Å². The van der Waals surface area contributed by atoms with Crippen LogP contribution in [0.5, 0.6) is 5.88 Å². The van der Waals surface area contributed by atoms with E-state index >= 15 is 0 Å². The number of nitrogens with one attached hydrogen (secondary N) is 2. The Morgan fingerprint density at radius 2 is 1.97 bits per heavy atom. The number of carbonyl (C=O) groups is 1. The molecule has 0 unspecified atom stereocenters. The molecule has 1 saturated heterocycles. The van der Waals surface area contributed by atoms with Crippen LogP contribution in [-0.2, 0) is 24.2 Å². The fraction of sp³-hybridized carbons (Fsp3) is 0.417. The Kier molecular flexibility index (Phi) is 7.65. The lowest BCUT2D eigenvalue weighted by Crippen LogP contribution is -2.25. The largest absolute Gasteiger partial charge is 0.476 e. The molecule has 2 N–H and O–H groups in total. The number of pyridine rings is 1. The molecule has 2 aromatic heterocycles. The summed E-state index contributed by atoms with van der Waals surface area (Å²) in [4.78, 5) is 27.9. The molecule has 5 rings (SSSR count). The number of aromatic nitrogens is 2. The van der Waals surface area contributed by atoms with E-state index in [0.29, 0.717) is 67.9 Å². The Labute approximate surface area is 218 Å². The van der Waals surface area contributed by atoms with Crippen molar-refractivity contribution < 1.29 is 27.5 Å². The van der Waals surface area contributed by atoms with Crippen molar-refractivity contribution in [2.45, 2.75) is 35.5 Å². The Bertz CT molecular complexity index is 1400. The zero-order valence-corrected chi connectivity index (χ0v) is 21.8. The monoisotopic (exact) mass is 545 g/mol. The molecule has 3 heterocycles. The zero-order chi connectivity index (χ0) is 25.8. The summed E-state index contributed by atoms with van der Waals surface area (Å²) in [5.74, 6) is -0.0946. The first kappa shape index (κ1) is 25.5. The smallest absolute Gasteiger partial charge is 0.280 e. The second-order valence-corrected chi connectivity index (χ2v) is 12.0. The SMILES string of the molecule is CNCCOc1ccc2sc(NC(=O)C(=NO[C@@H]3CCOC3)c3ccc(S(=O)(=O)C4CC4)cc3)nc2n1. The maximum atomic E-state index is 13.3. The van der Waals surface area contributed by atoms with Gasteiger partial charge in [-0.05, 0) is 38.1 Å². The number of benzene rings is 1. The molecule has 0 spiro atoms. The quantitative estimate of drug-likeness (QED) is 0.211. The van der Waals surface area contributed by atoms with Crippen LogP contribution < -0.4 is 15.4 Å². The highest BCUT2D eigenvalue weighted by atomic mass is 32.2. The predicted molar refractivity (Wildman–Crippen MR) is 139 cm³/mol. The molecule has 1 amide bonds. The van der Waals surface area contributed by atoms with Gasteiger partial charge in [0.05, 0.1) is 28.1 Å². The first-order valence-corrected chi connectivity index (χ1v) is 14.3. The number of ether oxygens (including phenoxy) is 2. The lowest BCUT2D eigenvalue weighted by molar-refractivity contribution is -0.110. The zero-order valence-electron chi connectivity index (χ0n) is 20.2. The van der Waals surface area contributed by atoms with Crippen LogP contribution in [0.3, 0.4) is 0 Å². The van der Waals surface area contributed by atoms with Crippen LogP contribution in [0.15, 0.2) is 46.4 Å². The molecular weight excluding hydrogens is 518 g/mol. The summed E-state index contributed by atoms with van der Waals surface area (Å²) in [6.45, 7) is 2.10. The van der Waals surface area contributed by atoms with Crippen LogP contribution in [0.4, 0.5) is 5.13 Å². The number of amides is 1. The van der Waals surface area contributed by atoms with Gasteiger partial charge in [-0.15, -0.1) is 0 Å². The van der Waals surface area contributed by atoms with Crippen LogP contribution in [0.25, 0.3) is 10.3 Å². The average molecular weight is 546 g/mol. The number of hydrogen-bond acceptors (Lipinski definition) is 11. The Balaban J connectivity index is 1.36. The van der Waals surface area contributed by atoms with E-state index in [0.717, 1.165) is 4.70 Å². The average Bonchev–Trinajstić information content (AvgIpc) is 3.50. The van der Waals surface area contributed by atoms with E-state index in [9.17, 15) is 13.2 Å². The van der Waals surface area contributed by atoms with Crippen LogP contribution in [0.1, 0.15) is 24.8 Å². The van der Waals surface area contributed by atoms with Gasteiger partial charge in [0.15, 0.2) is 32.4 Å². The minimum absolute atomic E-state index is 0.00516. The standard InChI is InChI=1S/C24H27N5O6S2/c1-25-11-13-34-20-9-8-19-22(26-20)27-24(36-19)28-23(30)21(29-35-16-10-12-33-14-16)15-2-4-17(5-3-15)37(31,32)18-6-7-18/h2-5,8-9,16,18,25H,6-7,10-14H2,1H3,(H,26,27,28,30)/t16-/m1/s1. The maximum Gasteiger partial charge on any atom is 0.280 e. The molecule has 11 nitrogen and oxygen atoms in total. The number of thiazole rings is 1. The minimum atomic E-state index is -3.35. The first-order chi connectivity index (χ1) is 17.9. The van der Waals surface area contributed by atoms with Gasteiger partial charge in [-0.3, -0.25) is 10.1 Å². The molecule has 1 aliphatic heterocycles. The summed E-state index contributed by atoms with van der Waals surface area (Å²) >= 11 is 1.27. The molecular formula is C24H27N5O6S2. The van der Waals surface area contributed by atoms with E-state index in [-0.39, 0.29) is 22.0 Å². The van der Waals surface area contributed by atoms with Gasteiger partial charge in [0.1, 0.15) is 6.61 Å². The molecule has 0 bridgehead atoms. The van der Waals surface area contributed by atoms with E-state index in [4.69, 9.17) is 14.3 Å². The second-order valence-electron chi connectivity index (χ2n) is 8.70. The van der Waals surface area contributed by atoms with Gasteiger partial charge >= 0.3 is 0 Å². The number of sulfone groups is 1. The van der Waals surface area contributed by atoms with Gasteiger partial charge < -0.3 is 19.6 Å². The minimum Gasteiger partial charge on any atom is -0.476 e. The van der Waals surface area contributed by atoms with Crippen molar-refractivity contribution >= 4 is 48.3 Å². The van der Waals surface area contributed by atoms with Gasteiger partial charge in [-0.25, -0.2) is 8.42 Å². The van der Waals surface area contributed by atoms with Gasteiger partial charge in [0.2, 0.25) is 5.88 Å². The van der Waals surface area contributed by atoms with Crippen LogP contribution in [0, 0.1) is 0 Å².